The van der Waals surface area contributed by atoms with Gasteiger partial charge in [-0.25, -0.2) is 4.98 Å². The van der Waals surface area contributed by atoms with Gasteiger partial charge in [0.1, 0.15) is 5.82 Å². The van der Waals surface area contributed by atoms with Crippen molar-refractivity contribution in [2.75, 3.05) is 31.3 Å². The highest BCUT2D eigenvalue weighted by Crippen LogP contribution is 2.14. The van der Waals surface area contributed by atoms with E-state index in [4.69, 9.17) is 4.74 Å². The van der Waals surface area contributed by atoms with Crippen LogP contribution in [0.5, 0.6) is 0 Å². The number of aryl methyl sites for hydroxylation is 1. The maximum atomic E-state index is 5.33. The van der Waals surface area contributed by atoms with Gasteiger partial charge in [0.25, 0.3) is 0 Å². The van der Waals surface area contributed by atoms with E-state index in [1.807, 2.05) is 20.8 Å². The molecule has 0 unspecified atom stereocenters. The Morgan fingerprint density at radius 1 is 1.44 bits per heavy atom. The maximum absolute atomic E-state index is 5.33. The lowest BCUT2D eigenvalue weighted by atomic mass is 10.1. The number of nitrogens with zero attached hydrogens (tertiary/aromatic N) is 2. The largest absolute Gasteiger partial charge is 0.377 e. The molecule has 0 aromatic carbocycles. The molecule has 0 spiro atoms. The minimum absolute atomic E-state index is 0.211. The molecular weight excluding hydrogens is 204 g/mol. The second-order valence-electron chi connectivity index (χ2n) is 4.29. The predicted molar refractivity (Wildman–Crippen MR) is 65.9 cm³/mol. The van der Waals surface area contributed by atoms with E-state index in [-0.39, 0.29) is 5.60 Å². The number of rotatable bonds is 5. The van der Waals surface area contributed by atoms with Gasteiger partial charge in [-0.05, 0) is 20.8 Å². The summed E-state index contributed by atoms with van der Waals surface area (Å²) in [6, 6.07) is 0. The van der Waals surface area contributed by atoms with Crippen molar-refractivity contribution < 1.29 is 4.74 Å². The molecule has 0 saturated heterocycles. The highest BCUT2D eigenvalue weighted by atomic mass is 16.5. The summed E-state index contributed by atoms with van der Waals surface area (Å²) in [7, 11) is 3.50. The van der Waals surface area contributed by atoms with Crippen molar-refractivity contribution in [1.82, 2.24) is 9.97 Å². The van der Waals surface area contributed by atoms with E-state index in [9.17, 15) is 0 Å². The highest BCUT2D eigenvalue weighted by Gasteiger charge is 2.16. The van der Waals surface area contributed by atoms with Crippen LogP contribution in [0.4, 0.5) is 11.8 Å². The first-order valence-corrected chi connectivity index (χ1v) is 5.29. The van der Waals surface area contributed by atoms with Crippen LogP contribution < -0.4 is 10.6 Å². The Balaban J connectivity index is 2.73. The minimum Gasteiger partial charge on any atom is -0.377 e. The molecule has 0 fully saturated rings. The third-order valence-corrected chi connectivity index (χ3v) is 2.43. The Kier molecular flexibility index (Phi) is 4.06. The molecule has 0 amide bonds. The molecule has 90 valence electrons. The Morgan fingerprint density at radius 2 is 2.12 bits per heavy atom. The number of anilines is 2. The van der Waals surface area contributed by atoms with Crippen molar-refractivity contribution in [3.05, 3.63) is 11.8 Å². The molecule has 0 bridgehead atoms. The maximum Gasteiger partial charge on any atom is 0.224 e. The average Bonchev–Trinajstić information content (AvgIpc) is 2.28. The molecule has 0 atom stereocenters. The predicted octanol–water partition coefficient (Wildman–Crippen LogP) is 1.66. The van der Waals surface area contributed by atoms with Crippen LogP contribution in [0.3, 0.4) is 0 Å². The summed E-state index contributed by atoms with van der Waals surface area (Å²) < 4.78 is 5.33. The molecule has 0 aliphatic carbocycles. The quantitative estimate of drug-likeness (QED) is 0.796. The van der Waals surface area contributed by atoms with Crippen LogP contribution >= 0.6 is 0 Å². The third kappa shape index (κ3) is 3.34. The van der Waals surface area contributed by atoms with Gasteiger partial charge in [-0.15, -0.1) is 0 Å². The van der Waals surface area contributed by atoms with E-state index in [0.717, 1.165) is 11.4 Å². The molecule has 0 saturated carbocycles. The normalized spacial score (nSPS) is 11.3. The van der Waals surface area contributed by atoms with E-state index >= 15 is 0 Å². The summed E-state index contributed by atoms with van der Waals surface area (Å²) in [5.74, 6) is 1.45. The summed E-state index contributed by atoms with van der Waals surface area (Å²) >= 11 is 0. The zero-order chi connectivity index (χ0) is 12.2. The number of hydrogen-bond donors (Lipinski definition) is 2. The van der Waals surface area contributed by atoms with E-state index in [1.54, 1.807) is 20.4 Å². The second kappa shape index (κ2) is 5.12. The lowest BCUT2D eigenvalue weighted by molar-refractivity contribution is 0.0343. The molecule has 1 aromatic heterocycles. The summed E-state index contributed by atoms with van der Waals surface area (Å²) in [4.78, 5) is 8.47. The van der Waals surface area contributed by atoms with Gasteiger partial charge in [0.15, 0.2) is 0 Å². The van der Waals surface area contributed by atoms with Gasteiger partial charge in [-0.2, -0.15) is 4.98 Å². The molecule has 1 heterocycles. The molecule has 0 aliphatic rings. The van der Waals surface area contributed by atoms with Crippen molar-refractivity contribution in [3.8, 4) is 0 Å². The van der Waals surface area contributed by atoms with Crippen LogP contribution in [0, 0.1) is 6.92 Å². The highest BCUT2D eigenvalue weighted by molar-refractivity contribution is 5.46. The Hall–Kier alpha value is -1.36. The molecule has 0 aliphatic heterocycles. The zero-order valence-electron chi connectivity index (χ0n) is 10.6. The van der Waals surface area contributed by atoms with Crippen molar-refractivity contribution >= 4 is 11.8 Å². The smallest absolute Gasteiger partial charge is 0.224 e. The van der Waals surface area contributed by atoms with E-state index in [0.29, 0.717) is 12.5 Å². The molecule has 1 aromatic rings. The van der Waals surface area contributed by atoms with Crippen molar-refractivity contribution in [2.24, 2.45) is 0 Å². The average molecular weight is 224 g/mol. The monoisotopic (exact) mass is 224 g/mol. The zero-order valence-corrected chi connectivity index (χ0v) is 10.6. The number of hydrogen-bond acceptors (Lipinski definition) is 5. The fraction of sp³-hybridized carbons (Fsp3) is 0.636. The van der Waals surface area contributed by atoms with Gasteiger partial charge in [-0.1, -0.05) is 0 Å². The Bertz CT molecular complexity index is 352. The van der Waals surface area contributed by atoms with Gasteiger partial charge in [-0.3, -0.25) is 0 Å². The molecule has 16 heavy (non-hydrogen) atoms. The van der Waals surface area contributed by atoms with Crippen LogP contribution in [0.25, 0.3) is 0 Å². The van der Waals surface area contributed by atoms with Crippen LogP contribution in [0.2, 0.25) is 0 Å². The summed E-state index contributed by atoms with van der Waals surface area (Å²) in [5, 5.41) is 6.17. The standard InChI is InChI=1S/C11H20N4O/c1-8-6-13-10(12-4)15-9(8)14-7-11(2,3)16-5/h6H,7H2,1-5H3,(H2,12,13,14,15). The van der Waals surface area contributed by atoms with Crippen LogP contribution in [0.15, 0.2) is 6.20 Å². The van der Waals surface area contributed by atoms with Crippen LogP contribution in [-0.4, -0.2) is 36.3 Å². The summed E-state index contributed by atoms with van der Waals surface area (Å²) in [6.45, 7) is 6.72. The second-order valence-corrected chi connectivity index (χ2v) is 4.29. The van der Waals surface area contributed by atoms with Crippen molar-refractivity contribution in [1.29, 1.82) is 0 Å². The first-order valence-electron chi connectivity index (χ1n) is 5.29. The lowest BCUT2D eigenvalue weighted by Gasteiger charge is -2.23. The molecule has 2 N–H and O–H groups in total. The fourth-order valence-corrected chi connectivity index (χ4v) is 1.11. The van der Waals surface area contributed by atoms with E-state index < -0.39 is 0 Å². The van der Waals surface area contributed by atoms with Gasteiger partial charge < -0.3 is 15.4 Å². The summed E-state index contributed by atoms with van der Waals surface area (Å²) in [5.41, 5.74) is 0.808. The first kappa shape index (κ1) is 12.7. The first-order chi connectivity index (χ1) is 7.48. The number of aromatic nitrogens is 2. The van der Waals surface area contributed by atoms with Gasteiger partial charge in [0, 0.05) is 32.5 Å². The Labute approximate surface area is 96.6 Å². The van der Waals surface area contributed by atoms with Gasteiger partial charge >= 0.3 is 0 Å². The van der Waals surface area contributed by atoms with Crippen molar-refractivity contribution in [3.63, 3.8) is 0 Å². The molecular formula is C11H20N4O. The third-order valence-electron chi connectivity index (χ3n) is 2.43. The molecule has 5 heteroatoms. The lowest BCUT2D eigenvalue weighted by Crippen LogP contribution is -2.32. The molecule has 1 rings (SSSR count). The van der Waals surface area contributed by atoms with Gasteiger partial charge in [0.2, 0.25) is 5.95 Å². The topological polar surface area (TPSA) is 59.1 Å². The van der Waals surface area contributed by atoms with Crippen LogP contribution in [-0.2, 0) is 4.74 Å². The SMILES string of the molecule is CNc1ncc(C)c(NCC(C)(C)OC)n1. The Morgan fingerprint density at radius 3 is 2.69 bits per heavy atom. The van der Waals surface area contributed by atoms with E-state index in [1.165, 1.54) is 0 Å². The van der Waals surface area contributed by atoms with E-state index in [2.05, 4.69) is 20.6 Å². The summed E-state index contributed by atoms with van der Waals surface area (Å²) in [6.07, 6.45) is 1.79. The fourth-order valence-electron chi connectivity index (χ4n) is 1.11. The minimum atomic E-state index is -0.211. The van der Waals surface area contributed by atoms with Crippen molar-refractivity contribution in [2.45, 2.75) is 26.4 Å². The number of nitrogens with one attached hydrogen (secondary N) is 2. The van der Waals surface area contributed by atoms with Gasteiger partial charge in [0.05, 0.1) is 5.60 Å². The molecule has 0 radical (unpaired) electrons. The van der Waals surface area contributed by atoms with Crippen LogP contribution in [0.1, 0.15) is 19.4 Å². The number of ether oxygens (including phenoxy) is 1. The number of methoxy groups -OCH3 is 1. The molecule has 5 nitrogen and oxygen atoms in total.